The van der Waals surface area contributed by atoms with Gasteiger partial charge in [0, 0.05) is 29.6 Å². The van der Waals surface area contributed by atoms with E-state index in [-0.39, 0.29) is 30.4 Å². The van der Waals surface area contributed by atoms with Crippen LogP contribution >= 0.6 is 11.6 Å². The normalized spacial score (nSPS) is 14.0. The van der Waals surface area contributed by atoms with E-state index < -0.39 is 0 Å². The fraction of sp³-hybridized carbons (Fsp3) is 0.211. The number of hydrazone groups is 1. The molecule has 0 unspecified atom stereocenters. The molecule has 3 rings (SSSR count). The number of anilines is 2. The quantitative estimate of drug-likeness (QED) is 0.889. The molecular formula is C19H18ClN3O3. The molecule has 0 saturated heterocycles. The Morgan fingerprint density at radius 1 is 1.23 bits per heavy atom. The number of hydrogen-bond acceptors (Lipinski definition) is 4. The third-order valence-corrected chi connectivity index (χ3v) is 4.43. The Balaban J connectivity index is 1.83. The summed E-state index contributed by atoms with van der Waals surface area (Å²) < 4.78 is 5.14. The first-order valence-electron chi connectivity index (χ1n) is 8.10. The molecule has 0 spiro atoms. The van der Waals surface area contributed by atoms with Gasteiger partial charge in [-0.15, -0.1) is 0 Å². The summed E-state index contributed by atoms with van der Waals surface area (Å²) in [6.45, 7) is 1.88. The molecule has 1 N–H and O–H groups in total. The van der Waals surface area contributed by atoms with Crippen molar-refractivity contribution in [2.45, 2.75) is 19.8 Å². The Bertz CT molecular complexity index is 895. The van der Waals surface area contributed by atoms with Crippen LogP contribution in [-0.2, 0) is 9.59 Å². The number of rotatable bonds is 4. The van der Waals surface area contributed by atoms with Gasteiger partial charge in [0.15, 0.2) is 0 Å². The lowest BCUT2D eigenvalue weighted by atomic mass is 10.1. The maximum absolute atomic E-state index is 12.5. The van der Waals surface area contributed by atoms with Crippen LogP contribution in [-0.4, -0.2) is 24.6 Å². The molecule has 0 saturated carbocycles. The van der Waals surface area contributed by atoms with Gasteiger partial charge in [0.05, 0.1) is 12.8 Å². The minimum absolute atomic E-state index is 0.178. The minimum Gasteiger partial charge on any atom is -0.497 e. The SMILES string of the molecule is COc1cccc(NC(=O)C2=NN(c3ccc(C)c(Cl)c3)C(=O)CC2)c1. The van der Waals surface area contributed by atoms with E-state index in [0.717, 1.165) is 5.56 Å². The van der Waals surface area contributed by atoms with E-state index in [9.17, 15) is 9.59 Å². The molecule has 6 nitrogen and oxygen atoms in total. The molecule has 26 heavy (non-hydrogen) atoms. The number of carbonyl (C=O) groups is 2. The molecule has 2 amide bonds. The van der Waals surface area contributed by atoms with E-state index in [1.54, 1.807) is 43.5 Å². The first-order valence-corrected chi connectivity index (χ1v) is 8.47. The van der Waals surface area contributed by atoms with Gasteiger partial charge in [0.25, 0.3) is 5.91 Å². The van der Waals surface area contributed by atoms with Crippen molar-refractivity contribution in [2.24, 2.45) is 5.10 Å². The van der Waals surface area contributed by atoms with Crippen LogP contribution in [0.4, 0.5) is 11.4 Å². The van der Waals surface area contributed by atoms with E-state index in [0.29, 0.717) is 22.1 Å². The highest BCUT2D eigenvalue weighted by atomic mass is 35.5. The van der Waals surface area contributed by atoms with Gasteiger partial charge in [0.2, 0.25) is 5.91 Å². The van der Waals surface area contributed by atoms with E-state index in [2.05, 4.69) is 10.4 Å². The Morgan fingerprint density at radius 2 is 2.04 bits per heavy atom. The summed E-state index contributed by atoms with van der Waals surface area (Å²) in [5.41, 5.74) is 2.32. The fourth-order valence-electron chi connectivity index (χ4n) is 2.54. The largest absolute Gasteiger partial charge is 0.497 e. The number of aryl methyl sites for hydroxylation is 1. The lowest BCUT2D eigenvalue weighted by molar-refractivity contribution is -0.118. The van der Waals surface area contributed by atoms with Crippen LogP contribution in [0.5, 0.6) is 5.75 Å². The van der Waals surface area contributed by atoms with Crippen molar-refractivity contribution in [1.29, 1.82) is 0 Å². The number of methoxy groups -OCH3 is 1. The van der Waals surface area contributed by atoms with Crippen molar-refractivity contribution in [3.05, 3.63) is 53.1 Å². The van der Waals surface area contributed by atoms with Crippen molar-refractivity contribution >= 4 is 40.5 Å². The zero-order valence-electron chi connectivity index (χ0n) is 14.5. The van der Waals surface area contributed by atoms with Crippen LogP contribution in [0.3, 0.4) is 0 Å². The molecule has 0 aromatic heterocycles. The molecule has 2 aromatic carbocycles. The zero-order chi connectivity index (χ0) is 18.7. The van der Waals surface area contributed by atoms with Gasteiger partial charge in [0.1, 0.15) is 11.5 Å². The van der Waals surface area contributed by atoms with E-state index >= 15 is 0 Å². The summed E-state index contributed by atoms with van der Waals surface area (Å²) in [4.78, 5) is 24.8. The van der Waals surface area contributed by atoms with E-state index in [1.165, 1.54) is 5.01 Å². The summed E-state index contributed by atoms with van der Waals surface area (Å²) in [6.07, 6.45) is 0.487. The second kappa shape index (κ2) is 7.58. The smallest absolute Gasteiger partial charge is 0.271 e. The number of nitrogens with one attached hydrogen (secondary N) is 1. The number of ether oxygens (including phenoxy) is 1. The van der Waals surface area contributed by atoms with Crippen molar-refractivity contribution in [3.8, 4) is 5.75 Å². The average molecular weight is 372 g/mol. The number of nitrogens with zero attached hydrogens (tertiary/aromatic N) is 2. The number of amides is 2. The summed E-state index contributed by atoms with van der Waals surface area (Å²) >= 11 is 6.14. The van der Waals surface area contributed by atoms with Gasteiger partial charge in [-0.1, -0.05) is 23.7 Å². The van der Waals surface area contributed by atoms with Crippen molar-refractivity contribution in [2.75, 3.05) is 17.4 Å². The van der Waals surface area contributed by atoms with Crippen LogP contribution < -0.4 is 15.1 Å². The average Bonchev–Trinajstić information content (AvgIpc) is 2.64. The molecule has 1 heterocycles. The summed E-state index contributed by atoms with van der Waals surface area (Å²) in [6, 6.07) is 12.3. The third-order valence-electron chi connectivity index (χ3n) is 4.02. The van der Waals surface area contributed by atoms with Gasteiger partial charge < -0.3 is 10.1 Å². The molecule has 1 aliphatic heterocycles. The lowest BCUT2D eigenvalue weighted by Gasteiger charge is -2.23. The zero-order valence-corrected chi connectivity index (χ0v) is 15.2. The standard InChI is InChI=1S/C19H18ClN3O3/c1-12-6-7-14(11-16(12)20)23-18(24)9-8-17(22-23)19(25)21-13-4-3-5-15(10-13)26-2/h3-7,10-11H,8-9H2,1-2H3,(H,21,25). The van der Waals surface area contributed by atoms with Crippen molar-refractivity contribution in [3.63, 3.8) is 0 Å². The Kier molecular flexibility index (Phi) is 5.23. The predicted molar refractivity (Wildman–Crippen MR) is 102 cm³/mol. The molecule has 7 heteroatoms. The highest BCUT2D eigenvalue weighted by molar-refractivity contribution is 6.44. The molecule has 0 aliphatic carbocycles. The van der Waals surface area contributed by atoms with Crippen molar-refractivity contribution in [1.82, 2.24) is 0 Å². The summed E-state index contributed by atoms with van der Waals surface area (Å²) in [5.74, 6) is 0.108. The number of benzene rings is 2. The highest BCUT2D eigenvalue weighted by Crippen LogP contribution is 2.26. The first-order chi connectivity index (χ1) is 12.5. The van der Waals surface area contributed by atoms with Crippen LogP contribution in [0.2, 0.25) is 5.02 Å². The van der Waals surface area contributed by atoms with Gasteiger partial charge in [-0.25, -0.2) is 5.01 Å². The fourth-order valence-corrected chi connectivity index (χ4v) is 2.71. The Hall–Kier alpha value is -2.86. The van der Waals surface area contributed by atoms with E-state index in [4.69, 9.17) is 16.3 Å². The monoisotopic (exact) mass is 371 g/mol. The lowest BCUT2D eigenvalue weighted by Crippen LogP contribution is -2.36. The molecule has 1 aliphatic rings. The number of hydrogen-bond donors (Lipinski definition) is 1. The van der Waals surface area contributed by atoms with Gasteiger partial charge in [-0.3, -0.25) is 9.59 Å². The van der Waals surface area contributed by atoms with Gasteiger partial charge in [-0.2, -0.15) is 5.10 Å². The van der Waals surface area contributed by atoms with Crippen LogP contribution in [0.15, 0.2) is 47.6 Å². The number of carbonyl (C=O) groups excluding carboxylic acids is 2. The number of halogens is 1. The highest BCUT2D eigenvalue weighted by Gasteiger charge is 2.26. The van der Waals surface area contributed by atoms with Crippen LogP contribution in [0, 0.1) is 6.92 Å². The van der Waals surface area contributed by atoms with Crippen LogP contribution in [0.25, 0.3) is 0 Å². The second-order valence-electron chi connectivity index (χ2n) is 5.87. The Labute approximate surface area is 156 Å². The van der Waals surface area contributed by atoms with E-state index in [1.807, 2.05) is 13.0 Å². The molecule has 0 atom stereocenters. The molecule has 0 radical (unpaired) electrons. The Morgan fingerprint density at radius 3 is 2.77 bits per heavy atom. The van der Waals surface area contributed by atoms with Gasteiger partial charge in [-0.05, 0) is 36.8 Å². The van der Waals surface area contributed by atoms with Gasteiger partial charge >= 0.3 is 0 Å². The minimum atomic E-state index is -0.353. The molecule has 0 bridgehead atoms. The molecule has 2 aromatic rings. The maximum Gasteiger partial charge on any atom is 0.271 e. The maximum atomic E-state index is 12.5. The summed E-state index contributed by atoms with van der Waals surface area (Å²) in [5, 5.41) is 8.79. The molecule has 0 fully saturated rings. The first kappa shape index (κ1) is 17.9. The van der Waals surface area contributed by atoms with Crippen molar-refractivity contribution < 1.29 is 14.3 Å². The van der Waals surface area contributed by atoms with Crippen LogP contribution in [0.1, 0.15) is 18.4 Å². The topological polar surface area (TPSA) is 71.0 Å². The summed E-state index contributed by atoms with van der Waals surface area (Å²) in [7, 11) is 1.56. The molecule has 134 valence electrons. The molecular weight excluding hydrogens is 354 g/mol. The second-order valence-corrected chi connectivity index (χ2v) is 6.28. The predicted octanol–water partition coefficient (Wildman–Crippen LogP) is 3.78. The third kappa shape index (κ3) is 3.86.